The standard InChI is InChI=1S/C15H10Cl3N3S/c16-8-5-9(17)7-10(6-8)21-15-11(3-4-19-15)14(20-21)12-1-2-13(18)22-12/h1-2,5-7,19H,3-4H2. The third kappa shape index (κ3) is 2.40. The number of halogens is 3. The lowest BCUT2D eigenvalue weighted by Gasteiger charge is -2.07. The van der Waals surface area contributed by atoms with Crippen LogP contribution < -0.4 is 5.32 Å². The molecule has 0 fully saturated rings. The number of benzene rings is 1. The number of nitrogens with zero attached hydrogens (tertiary/aromatic N) is 2. The summed E-state index contributed by atoms with van der Waals surface area (Å²) in [7, 11) is 0. The van der Waals surface area contributed by atoms with Crippen molar-refractivity contribution in [1.29, 1.82) is 0 Å². The molecule has 0 bridgehead atoms. The van der Waals surface area contributed by atoms with Crippen LogP contribution in [0.4, 0.5) is 5.82 Å². The van der Waals surface area contributed by atoms with Gasteiger partial charge in [0.25, 0.3) is 0 Å². The van der Waals surface area contributed by atoms with Crippen molar-refractivity contribution in [2.45, 2.75) is 6.42 Å². The first-order valence-corrected chi connectivity index (χ1v) is 8.65. The second-order valence-electron chi connectivity index (χ2n) is 5.00. The van der Waals surface area contributed by atoms with Crippen LogP contribution in [0.3, 0.4) is 0 Å². The zero-order valence-corrected chi connectivity index (χ0v) is 14.3. The Balaban J connectivity index is 1.91. The number of thiophene rings is 1. The van der Waals surface area contributed by atoms with Gasteiger partial charge in [0.1, 0.15) is 11.5 Å². The zero-order valence-electron chi connectivity index (χ0n) is 11.2. The highest BCUT2D eigenvalue weighted by atomic mass is 35.5. The number of aromatic nitrogens is 2. The molecule has 0 radical (unpaired) electrons. The highest BCUT2D eigenvalue weighted by Crippen LogP contribution is 2.39. The topological polar surface area (TPSA) is 29.9 Å². The Morgan fingerprint density at radius 2 is 1.86 bits per heavy atom. The number of rotatable bonds is 2. The highest BCUT2D eigenvalue weighted by molar-refractivity contribution is 7.19. The number of anilines is 1. The normalized spacial score (nSPS) is 13.2. The maximum absolute atomic E-state index is 6.12. The molecule has 0 saturated carbocycles. The molecular weight excluding hydrogens is 361 g/mol. The average molecular weight is 371 g/mol. The first kappa shape index (κ1) is 14.4. The van der Waals surface area contributed by atoms with E-state index >= 15 is 0 Å². The van der Waals surface area contributed by atoms with Gasteiger partial charge in [-0.15, -0.1) is 11.3 Å². The van der Waals surface area contributed by atoms with Crippen molar-refractivity contribution in [2.75, 3.05) is 11.9 Å². The fourth-order valence-corrected chi connectivity index (χ4v) is 4.23. The molecule has 4 rings (SSSR count). The maximum atomic E-state index is 6.12. The van der Waals surface area contributed by atoms with E-state index in [-0.39, 0.29) is 0 Å². The summed E-state index contributed by atoms with van der Waals surface area (Å²) in [6.07, 6.45) is 0.939. The molecule has 112 valence electrons. The van der Waals surface area contributed by atoms with Crippen molar-refractivity contribution in [2.24, 2.45) is 0 Å². The maximum Gasteiger partial charge on any atom is 0.133 e. The van der Waals surface area contributed by atoms with Gasteiger partial charge in [-0.25, -0.2) is 4.68 Å². The molecule has 0 unspecified atom stereocenters. The Kier molecular flexibility index (Phi) is 3.57. The van der Waals surface area contributed by atoms with Crippen molar-refractivity contribution < 1.29 is 0 Å². The Morgan fingerprint density at radius 1 is 1.09 bits per heavy atom. The van der Waals surface area contributed by atoms with Crippen LogP contribution in [0.5, 0.6) is 0 Å². The van der Waals surface area contributed by atoms with Gasteiger partial charge in [-0.2, -0.15) is 5.10 Å². The van der Waals surface area contributed by atoms with Crippen LogP contribution in [0, 0.1) is 0 Å². The molecule has 0 aliphatic carbocycles. The van der Waals surface area contributed by atoms with E-state index in [4.69, 9.17) is 39.9 Å². The highest BCUT2D eigenvalue weighted by Gasteiger charge is 2.24. The van der Waals surface area contributed by atoms with Crippen molar-refractivity contribution in [3.8, 4) is 16.3 Å². The molecule has 1 aromatic carbocycles. The molecule has 1 aliphatic rings. The molecule has 0 saturated heterocycles. The second kappa shape index (κ2) is 5.46. The van der Waals surface area contributed by atoms with Crippen molar-refractivity contribution in [3.05, 3.63) is 50.3 Å². The number of nitrogens with one attached hydrogen (secondary N) is 1. The SMILES string of the molecule is Clc1cc(Cl)cc(-n2nc(-c3ccc(Cl)s3)c3c2NCC3)c1. The summed E-state index contributed by atoms with van der Waals surface area (Å²) in [6, 6.07) is 9.32. The Hall–Kier alpha value is -1.20. The van der Waals surface area contributed by atoms with E-state index in [0.717, 1.165) is 39.4 Å². The van der Waals surface area contributed by atoms with E-state index in [1.807, 2.05) is 28.9 Å². The molecule has 22 heavy (non-hydrogen) atoms. The van der Waals surface area contributed by atoms with Crippen LogP contribution in [0.1, 0.15) is 5.56 Å². The van der Waals surface area contributed by atoms with Gasteiger partial charge >= 0.3 is 0 Å². The molecule has 0 atom stereocenters. The molecule has 0 spiro atoms. The van der Waals surface area contributed by atoms with E-state index in [0.29, 0.717) is 10.0 Å². The van der Waals surface area contributed by atoms with Crippen molar-refractivity contribution in [1.82, 2.24) is 9.78 Å². The molecule has 3 nitrogen and oxygen atoms in total. The van der Waals surface area contributed by atoms with E-state index in [1.54, 1.807) is 6.07 Å². The summed E-state index contributed by atoms with van der Waals surface area (Å²) in [4.78, 5) is 1.07. The van der Waals surface area contributed by atoms with Crippen molar-refractivity contribution in [3.63, 3.8) is 0 Å². The number of fused-ring (bicyclic) bond motifs is 1. The molecule has 7 heteroatoms. The molecule has 3 heterocycles. The minimum Gasteiger partial charge on any atom is -0.369 e. The summed E-state index contributed by atoms with van der Waals surface area (Å²) < 4.78 is 2.62. The van der Waals surface area contributed by atoms with Crippen LogP contribution in [0.25, 0.3) is 16.3 Å². The third-order valence-corrected chi connectivity index (χ3v) is 5.22. The molecule has 2 aromatic heterocycles. The fraction of sp³-hybridized carbons (Fsp3) is 0.133. The van der Waals surface area contributed by atoms with Crippen molar-refractivity contribution >= 4 is 52.0 Å². The predicted octanol–water partition coefficient (Wildman–Crippen LogP) is 5.53. The molecule has 1 aliphatic heterocycles. The predicted molar refractivity (Wildman–Crippen MR) is 94.1 cm³/mol. The van der Waals surface area contributed by atoms with E-state index in [1.165, 1.54) is 16.9 Å². The molecular formula is C15H10Cl3N3S. The monoisotopic (exact) mass is 369 g/mol. The first-order chi connectivity index (χ1) is 10.6. The van der Waals surface area contributed by atoms with Crippen LogP contribution in [0.15, 0.2) is 30.3 Å². The Bertz CT molecular complexity index is 849. The molecule has 3 aromatic rings. The Morgan fingerprint density at radius 3 is 2.55 bits per heavy atom. The van der Waals surface area contributed by atoms with Gasteiger partial charge < -0.3 is 5.32 Å². The van der Waals surface area contributed by atoms with E-state index in [2.05, 4.69) is 5.32 Å². The van der Waals surface area contributed by atoms with Gasteiger partial charge in [0.2, 0.25) is 0 Å². The lowest BCUT2D eigenvalue weighted by atomic mass is 10.2. The summed E-state index contributed by atoms with van der Waals surface area (Å²) in [5.74, 6) is 0.998. The van der Waals surface area contributed by atoms with Gasteiger partial charge in [0, 0.05) is 22.2 Å². The molecule has 0 amide bonds. The summed E-state index contributed by atoms with van der Waals surface area (Å²) >= 11 is 19.8. The lowest BCUT2D eigenvalue weighted by molar-refractivity contribution is 0.883. The summed E-state index contributed by atoms with van der Waals surface area (Å²) in [6.45, 7) is 0.896. The van der Waals surface area contributed by atoms with Gasteiger partial charge in [0.05, 0.1) is 14.9 Å². The van der Waals surface area contributed by atoms with E-state index in [9.17, 15) is 0 Å². The summed E-state index contributed by atoms with van der Waals surface area (Å²) in [5, 5.41) is 9.32. The van der Waals surface area contributed by atoms with E-state index < -0.39 is 0 Å². The first-order valence-electron chi connectivity index (χ1n) is 6.70. The minimum absolute atomic E-state index is 0.588. The zero-order chi connectivity index (χ0) is 15.3. The van der Waals surface area contributed by atoms with Gasteiger partial charge in [-0.3, -0.25) is 0 Å². The number of hydrogen-bond donors (Lipinski definition) is 1. The van der Waals surface area contributed by atoms with Crippen LogP contribution in [0.2, 0.25) is 14.4 Å². The third-order valence-electron chi connectivity index (χ3n) is 3.55. The second-order valence-corrected chi connectivity index (χ2v) is 7.58. The van der Waals surface area contributed by atoms with Gasteiger partial charge in [0.15, 0.2) is 0 Å². The van der Waals surface area contributed by atoms with Crippen LogP contribution in [-0.4, -0.2) is 16.3 Å². The largest absolute Gasteiger partial charge is 0.369 e. The van der Waals surface area contributed by atoms with Crippen LogP contribution in [-0.2, 0) is 6.42 Å². The molecule has 1 N–H and O–H groups in total. The van der Waals surface area contributed by atoms with Gasteiger partial charge in [-0.05, 0) is 36.8 Å². The average Bonchev–Trinajstić information content (AvgIpc) is 3.12. The van der Waals surface area contributed by atoms with Gasteiger partial charge in [-0.1, -0.05) is 34.8 Å². The Labute approximate surface area is 146 Å². The van der Waals surface area contributed by atoms with Crippen LogP contribution >= 0.6 is 46.1 Å². The summed E-state index contributed by atoms with van der Waals surface area (Å²) in [5.41, 5.74) is 3.01. The number of hydrogen-bond acceptors (Lipinski definition) is 3. The minimum atomic E-state index is 0.588. The fourth-order valence-electron chi connectivity index (χ4n) is 2.66. The quantitative estimate of drug-likeness (QED) is 0.643. The lowest BCUT2D eigenvalue weighted by Crippen LogP contribution is -2.04. The smallest absolute Gasteiger partial charge is 0.133 e.